The smallest absolute Gasteiger partial charge is 0.407 e. The lowest BCUT2D eigenvalue weighted by molar-refractivity contribution is -0.118. The van der Waals surface area contributed by atoms with Crippen molar-refractivity contribution in [2.24, 2.45) is 5.73 Å². The van der Waals surface area contributed by atoms with Gasteiger partial charge in [0.2, 0.25) is 5.91 Å². The van der Waals surface area contributed by atoms with E-state index in [2.05, 4.69) is 9.80 Å². The molecular weight excluding hydrogens is 386 g/mol. The summed E-state index contributed by atoms with van der Waals surface area (Å²) in [6, 6.07) is 13.8. The number of piperazine rings is 1. The van der Waals surface area contributed by atoms with Crippen molar-refractivity contribution in [3.63, 3.8) is 0 Å². The zero-order chi connectivity index (χ0) is 21.5. The molecule has 0 aliphatic carbocycles. The molecule has 0 radical (unpaired) electrons. The molecule has 160 valence electrons. The maximum absolute atomic E-state index is 11.2. The van der Waals surface area contributed by atoms with Gasteiger partial charge in [0.1, 0.15) is 18.1 Å². The summed E-state index contributed by atoms with van der Waals surface area (Å²) in [5.74, 6) is 1.08. The van der Waals surface area contributed by atoms with Crippen molar-refractivity contribution in [1.82, 2.24) is 14.8 Å². The van der Waals surface area contributed by atoms with Crippen LogP contribution in [0.5, 0.6) is 5.75 Å². The number of carbonyl (C=O) groups excluding carboxylic acids is 1. The van der Waals surface area contributed by atoms with Crippen molar-refractivity contribution in [2.45, 2.75) is 0 Å². The molecule has 9 heteroatoms. The van der Waals surface area contributed by atoms with Gasteiger partial charge in [0.15, 0.2) is 0 Å². The molecule has 0 saturated carbocycles. The van der Waals surface area contributed by atoms with Crippen LogP contribution in [0.4, 0.5) is 10.6 Å². The largest absolute Gasteiger partial charge is 0.497 e. The number of methoxy groups -OCH3 is 1. The monoisotopic (exact) mass is 413 g/mol. The molecule has 30 heavy (non-hydrogen) atoms. The molecule has 1 aromatic carbocycles. The molecule has 1 aliphatic rings. The molecule has 3 N–H and O–H groups in total. The van der Waals surface area contributed by atoms with Crippen LogP contribution >= 0.6 is 0 Å². The van der Waals surface area contributed by atoms with E-state index < -0.39 is 12.0 Å². The highest BCUT2D eigenvalue weighted by Crippen LogP contribution is 2.23. The fourth-order valence-electron chi connectivity index (χ4n) is 3.42. The van der Waals surface area contributed by atoms with Crippen LogP contribution in [0.1, 0.15) is 0 Å². The minimum Gasteiger partial charge on any atom is -0.497 e. The number of aromatic nitrogens is 1. The van der Waals surface area contributed by atoms with Gasteiger partial charge in [-0.2, -0.15) is 0 Å². The topological polar surface area (TPSA) is 112 Å². The minimum atomic E-state index is -1.13. The molecule has 0 bridgehead atoms. The molecular formula is C21H27N5O4. The summed E-state index contributed by atoms with van der Waals surface area (Å²) in [5, 5.41) is 9.17. The van der Waals surface area contributed by atoms with Crippen molar-refractivity contribution in [1.29, 1.82) is 0 Å². The number of hydrogen-bond donors (Lipinski definition) is 2. The Hall–Kier alpha value is -3.33. The van der Waals surface area contributed by atoms with Crippen molar-refractivity contribution in [2.75, 3.05) is 57.8 Å². The number of rotatable bonds is 8. The van der Waals surface area contributed by atoms with Crippen LogP contribution in [0.25, 0.3) is 11.3 Å². The second-order valence-electron chi connectivity index (χ2n) is 7.11. The SMILES string of the molecule is COc1ccc(-c2cccc(N3CCN(CCN(CC(N)=O)C(=O)O)CC3)n2)cc1. The van der Waals surface area contributed by atoms with E-state index in [0.717, 1.165) is 53.9 Å². The van der Waals surface area contributed by atoms with Gasteiger partial charge in [-0.15, -0.1) is 0 Å². The summed E-state index contributed by atoms with van der Waals surface area (Å²) in [6.07, 6.45) is -1.13. The first kappa shape index (κ1) is 21.4. The molecule has 3 rings (SSSR count). The summed E-state index contributed by atoms with van der Waals surface area (Å²) >= 11 is 0. The maximum atomic E-state index is 11.2. The summed E-state index contributed by atoms with van der Waals surface area (Å²) < 4.78 is 5.21. The molecule has 1 aromatic heterocycles. The van der Waals surface area contributed by atoms with Crippen LogP contribution in [0, 0.1) is 0 Å². The van der Waals surface area contributed by atoms with Gasteiger partial charge < -0.3 is 20.5 Å². The van der Waals surface area contributed by atoms with Gasteiger partial charge in [0.25, 0.3) is 0 Å². The van der Waals surface area contributed by atoms with Gasteiger partial charge in [-0.05, 0) is 36.4 Å². The number of hydrogen-bond acceptors (Lipinski definition) is 6. The van der Waals surface area contributed by atoms with Gasteiger partial charge in [-0.3, -0.25) is 14.6 Å². The van der Waals surface area contributed by atoms with Crippen LogP contribution in [0.3, 0.4) is 0 Å². The number of nitrogens with two attached hydrogens (primary N) is 1. The molecule has 0 atom stereocenters. The quantitative estimate of drug-likeness (QED) is 0.672. The lowest BCUT2D eigenvalue weighted by Crippen LogP contribution is -2.49. The van der Waals surface area contributed by atoms with E-state index in [1.165, 1.54) is 0 Å². The summed E-state index contributed by atoms with van der Waals surface area (Å²) in [5.41, 5.74) is 7.04. The molecule has 0 spiro atoms. The minimum absolute atomic E-state index is 0.253. The van der Waals surface area contributed by atoms with E-state index in [1.54, 1.807) is 7.11 Å². The average Bonchev–Trinajstić information content (AvgIpc) is 2.77. The van der Waals surface area contributed by atoms with Crippen LogP contribution < -0.4 is 15.4 Å². The van der Waals surface area contributed by atoms with E-state index >= 15 is 0 Å². The fraction of sp³-hybridized carbons (Fsp3) is 0.381. The highest BCUT2D eigenvalue weighted by atomic mass is 16.5. The number of amides is 2. The van der Waals surface area contributed by atoms with Gasteiger partial charge in [-0.1, -0.05) is 6.07 Å². The summed E-state index contributed by atoms with van der Waals surface area (Å²) in [6.45, 7) is 3.70. The Kier molecular flexibility index (Phi) is 7.08. The Morgan fingerprint density at radius 3 is 2.43 bits per heavy atom. The lowest BCUT2D eigenvalue weighted by Gasteiger charge is -2.36. The first-order valence-corrected chi connectivity index (χ1v) is 9.81. The molecule has 1 saturated heterocycles. The molecule has 2 heterocycles. The predicted octanol–water partition coefficient (Wildman–Crippen LogP) is 1.34. The van der Waals surface area contributed by atoms with Crippen molar-refractivity contribution < 1.29 is 19.4 Å². The third-order valence-corrected chi connectivity index (χ3v) is 5.12. The van der Waals surface area contributed by atoms with E-state index in [4.69, 9.17) is 20.6 Å². The first-order valence-electron chi connectivity index (χ1n) is 9.81. The molecule has 2 aromatic rings. The van der Waals surface area contributed by atoms with E-state index in [9.17, 15) is 9.59 Å². The second kappa shape index (κ2) is 9.93. The van der Waals surface area contributed by atoms with E-state index in [0.29, 0.717) is 6.54 Å². The Labute approximate surface area is 175 Å². The Bertz CT molecular complexity index is 866. The molecule has 0 unspecified atom stereocenters. The number of nitrogens with zero attached hydrogens (tertiary/aromatic N) is 4. The Morgan fingerprint density at radius 1 is 1.13 bits per heavy atom. The van der Waals surface area contributed by atoms with E-state index in [1.807, 2.05) is 42.5 Å². The number of pyridine rings is 1. The summed E-state index contributed by atoms with van der Waals surface area (Å²) in [4.78, 5) is 32.5. The van der Waals surface area contributed by atoms with Crippen molar-refractivity contribution >= 4 is 17.8 Å². The zero-order valence-electron chi connectivity index (χ0n) is 17.0. The number of ether oxygens (including phenoxy) is 1. The first-order chi connectivity index (χ1) is 14.5. The number of carbonyl (C=O) groups is 2. The van der Waals surface area contributed by atoms with Crippen LogP contribution in [0.15, 0.2) is 42.5 Å². The number of carboxylic acid groups (broad SMARTS) is 1. The molecule has 2 amide bonds. The van der Waals surface area contributed by atoms with Gasteiger partial charge in [-0.25, -0.2) is 9.78 Å². The molecule has 9 nitrogen and oxygen atoms in total. The molecule has 1 aliphatic heterocycles. The standard InChI is InChI=1S/C21H27N5O4/c1-30-17-7-5-16(6-8-17)18-3-2-4-20(23-18)25-12-9-24(10-13-25)11-14-26(21(28)29)15-19(22)27/h2-8H,9-15H2,1H3,(H2,22,27)(H,28,29). The highest BCUT2D eigenvalue weighted by Gasteiger charge is 2.21. The number of benzene rings is 1. The Morgan fingerprint density at radius 2 is 1.83 bits per heavy atom. The van der Waals surface area contributed by atoms with Crippen molar-refractivity contribution in [3.05, 3.63) is 42.5 Å². The van der Waals surface area contributed by atoms with Gasteiger partial charge >= 0.3 is 6.09 Å². The van der Waals surface area contributed by atoms with Crippen LogP contribution in [0.2, 0.25) is 0 Å². The number of primary amides is 1. The third-order valence-electron chi connectivity index (χ3n) is 5.12. The third kappa shape index (κ3) is 5.60. The lowest BCUT2D eigenvalue weighted by atomic mass is 10.1. The highest BCUT2D eigenvalue weighted by molar-refractivity contribution is 5.80. The average molecular weight is 413 g/mol. The van der Waals surface area contributed by atoms with Gasteiger partial charge in [0, 0.05) is 44.8 Å². The van der Waals surface area contributed by atoms with Crippen molar-refractivity contribution in [3.8, 4) is 17.0 Å². The maximum Gasteiger partial charge on any atom is 0.407 e. The van der Waals surface area contributed by atoms with Crippen LogP contribution in [-0.4, -0.2) is 84.8 Å². The Balaban J connectivity index is 1.56. The van der Waals surface area contributed by atoms with Crippen LogP contribution in [-0.2, 0) is 4.79 Å². The van der Waals surface area contributed by atoms with Gasteiger partial charge in [0.05, 0.1) is 12.8 Å². The normalized spacial score (nSPS) is 14.4. The van der Waals surface area contributed by atoms with E-state index in [-0.39, 0.29) is 13.1 Å². The number of anilines is 1. The fourth-order valence-corrected chi connectivity index (χ4v) is 3.42. The summed E-state index contributed by atoms with van der Waals surface area (Å²) in [7, 11) is 1.64. The predicted molar refractivity (Wildman–Crippen MR) is 114 cm³/mol. The molecule has 1 fully saturated rings. The second-order valence-corrected chi connectivity index (χ2v) is 7.11. The zero-order valence-corrected chi connectivity index (χ0v) is 17.0.